The second kappa shape index (κ2) is 8.72. The molecule has 2 saturated carbocycles. The summed E-state index contributed by atoms with van der Waals surface area (Å²) in [7, 11) is 0. The maximum Gasteiger partial charge on any atom is 0.100 e. The fourth-order valence-corrected chi connectivity index (χ4v) is 4.59. The number of alkyl halides is 1. The molecule has 3 rings (SSSR count). The molecule has 3 aliphatic rings. The van der Waals surface area contributed by atoms with E-state index in [1.54, 1.807) is 0 Å². The Bertz CT molecular complexity index is 381. The maximum atomic E-state index is 13.4. The van der Waals surface area contributed by atoms with Crippen molar-refractivity contribution in [3.8, 4) is 0 Å². The van der Waals surface area contributed by atoms with Gasteiger partial charge >= 0.3 is 0 Å². The van der Waals surface area contributed by atoms with Crippen LogP contribution in [0, 0.1) is 11.8 Å². The third kappa shape index (κ3) is 5.10. The van der Waals surface area contributed by atoms with Crippen molar-refractivity contribution in [3.63, 3.8) is 0 Å². The van der Waals surface area contributed by atoms with E-state index in [4.69, 9.17) is 21.7 Å². The average molecular weight is 344 g/mol. The van der Waals surface area contributed by atoms with Gasteiger partial charge in [0.1, 0.15) is 6.17 Å². The minimum absolute atomic E-state index is 0.360. The van der Waals surface area contributed by atoms with E-state index in [0.717, 1.165) is 82.8 Å². The highest BCUT2D eigenvalue weighted by Gasteiger charge is 2.29. The largest absolute Gasteiger partial charge is 0.378 e. The fraction of sp³-hybridized carbons (Fsp3) is 0.944. The summed E-state index contributed by atoms with van der Waals surface area (Å²) >= 11 is 5.70. The van der Waals surface area contributed by atoms with E-state index in [-0.39, 0.29) is 0 Å². The van der Waals surface area contributed by atoms with Crippen molar-refractivity contribution < 1.29 is 13.9 Å². The van der Waals surface area contributed by atoms with E-state index in [1.807, 2.05) is 0 Å². The third-order valence-corrected chi connectivity index (χ3v) is 6.22. The van der Waals surface area contributed by atoms with Crippen molar-refractivity contribution in [1.29, 1.82) is 0 Å². The summed E-state index contributed by atoms with van der Waals surface area (Å²) in [6, 6.07) is 0. The van der Waals surface area contributed by atoms with Crippen molar-refractivity contribution in [3.05, 3.63) is 0 Å². The Morgan fingerprint density at radius 1 is 1.09 bits per heavy atom. The molecule has 0 amide bonds. The molecular formula is C18H30FNO2S. The molecule has 5 heteroatoms. The molecule has 0 aromatic carbocycles. The first-order chi connectivity index (χ1) is 11.2. The van der Waals surface area contributed by atoms with E-state index in [1.165, 1.54) is 0 Å². The van der Waals surface area contributed by atoms with Gasteiger partial charge < -0.3 is 14.4 Å². The van der Waals surface area contributed by atoms with Crippen molar-refractivity contribution in [2.45, 2.75) is 63.6 Å². The van der Waals surface area contributed by atoms with Gasteiger partial charge in [-0.15, -0.1) is 0 Å². The van der Waals surface area contributed by atoms with Crippen molar-refractivity contribution in [2.24, 2.45) is 11.8 Å². The normalized spacial score (nSPS) is 36.0. The van der Waals surface area contributed by atoms with Crippen LogP contribution in [0.3, 0.4) is 0 Å². The number of hydrogen-bond acceptors (Lipinski definition) is 3. The molecule has 0 N–H and O–H groups in total. The lowest BCUT2D eigenvalue weighted by atomic mass is 9.86. The molecule has 2 unspecified atom stereocenters. The number of nitrogens with zero attached hydrogens (tertiary/aromatic N) is 1. The number of thiocarbonyl (C=S) groups is 1. The van der Waals surface area contributed by atoms with Crippen LogP contribution in [0.1, 0.15) is 51.4 Å². The predicted octanol–water partition coefficient (Wildman–Crippen LogP) is 3.75. The molecule has 132 valence electrons. The molecule has 0 aromatic rings. The summed E-state index contributed by atoms with van der Waals surface area (Å²) in [6.45, 7) is 4.25. The summed E-state index contributed by atoms with van der Waals surface area (Å²) in [5.41, 5.74) is 0. The number of halogens is 1. The summed E-state index contributed by atoms with van der Waals surface area (Å²) in [6.07, 6.45) is 7.85. The van der Waals surface area contributed by atoms with Crippen molar-refractivity contribution in [1.82, 2.24) is 4.90 Å². The smallest absolute Gasteiger partial charge is 0.100 e. The number of morpholine rings is 1. The minimum atomic E-state index is -0.598. The van der Waals surface area contributed by atoms with E-state index < -0.39 is 6.17 Å². The van der Waals surface area contributed by atoms with Gasteiger partial charge in [-0.2, -0.15) is 0 Å². The van der Waals surface area contributed by atoms with Crippen molar-refractivity contribution in [2.75, 3.05) is 32.9 Å². The van der Waals surface area contributed by atoms with Crippen LogP contribution in [0.2, 0.25) is 0 Å². The Labute approximate surface area is 144 Å². The monoisotopic (exact) mass is 343 g/mol. The molecule has 2 atom stereocenters. The van der Waals surface area contributed by atoms with Crippen LogP contribution in [-0.2, 0) is 9.47 Å². The first-order valence-electron chi connectivity index (χ1n) is 9.34. The van der Waals surface area contributed by atoms with E-state index in [2.05, 4.69) is 4.90 Å². The van der Waals surface area contributed by atoms with Crippen LogP contribution in [0.25, 0.3) is 0 Å². The summed E-state index contributed by atoms with van der Waals surface area (Å²) < 4.78 is 24.9. The van der Waals surface area contributed by atoms with Gasteiger partial charge in [0.2, 0.25) is 0 Å². The Balaban J connectivity index is 1.35. The summed E-state index contributed by atoms with van der Waals surface area (Å²) in [5, 5.41) is 0. The molecule has 0 radical (unpaired) electrons. The molecular weight excluding hydrogens is 313 g/mol. The molecule has 3 fully saturated rings. The van der Waals surface area contributed by atoms with Crippen LogP contribution in [0.5, 0.6) is 0 Å². The topological polar surface area (TPSA) is 21.7 Å². The van der Waals surface area contributed by atoms with Crippen LogP contribution in [0.4, 0.5) is 4.39 Å². The molecule has 3 nitrogen and oxygen atoms in total. The van der Waals surface area contributed by atoms with Gasteiger partial charge in [0.15, 0.2) is 0 Å². The van der Waals surface area contributed by atoms with Gasteiger partial charge in [-0.3, -0.25) is 0 Å². The molecule has 1 aliphatic heterocycles. The molecule has 0 aromatic heterocycles. The predicted molar refractivity (Wildman–Crippen MR) is 93.5 cm³/mol. The van der Waals surface area contributed by atoms with Gasteiger partial charge in [0.05, 0.1) is 24.3 Å². The van der Waals surface area contributed by atoms with Gasteiger partial charge in [-0.25, -0.2) is 4.39 Å². The Morgan fingerprint density at radius 2 is 1.83 bits per heavy atom. The SMILES string of the molecule is FC1CCCC(COC2CCC(C(=S)N3CCOCC3)CC2)C1. The number of hydrogen-bond donors (Lipinski definition) is 0. The van der Waals surface area contributed by atoms with Crippen LogP contribution >= 0.6 is 12.2 Å². The molecule has 1 saturated heterocycles. The summed E-state index contributed by atoms with van der Waals surface area (Å²) in [4.78, 5) is 3.47. The summed E-state index contributed by atoms with van der Waals surface area (Å²) in [5.74, 6) is 0.971. The van der Waals surface area contributed by atoms with Crippen LogP contribution in [0.15, 0.2) is 0 Å². The van der Waals surface area contributed by atoms with Gasteiger partial charge in [0, 0.05) is 25.6 Å². The zero-order valence-corrected chi connectivity index (χ0v) is 14.9. The van der Waals surface area contributed by atoms with Crippen LogP contribution < -0.4 is 0 Å². The number of rotatable bonds is 4. The van der Waals surface area contributed by atoms with E-state index in [0.29, 0.717) is 24.4 Å². The fourth-order valence-electron chi connectivity index (χ4n) is 4.17. The van der Waals surface area contributed by atoms with Gasteiger partial charge in [-0.1, -0.05) is 18.6 Å². The second-order valence-corrected chi connectivity index (χ2v) is 7.79. The lowest BCUT2D eigenvalue weighted by Crippen LogP contribution is -2.44. The van der Waals surface area contributed by atoms with E-state index >= 15 is 0 Å². The Morgan fingerprint density at radius 3 is 2.52 bits per heavy atom. The zero-order chi connectivity index (χ0) is 16.1. The van der Waals surface area contributed by atoms with Gasteiger partial charge in [-0.05, 0) is 50.9 Å². The Hall–Kier alpha value is -0.260. The maximum absolute atomic E-state index is 13.4. The molecule has 2 aliphatic carbocycles. The lowest BCUT2D eigenvalue weighted by Gasteiger charge is -2.36. The highest BCUT2D eigenvalue weighted by atomic mass is 32.1. The first-order valence-corrected chi connectivity index (χ1v) is 9.75. The van der Waals surface area contributed by atoms with Crippen LogP contribution in [-0.4, -0.2) is 55.1 Å². The standard InChI is InChI=1S/C18H30FNO2S/c19-16-3-1-2-14(12-16)13-22-17-6-4-15(5-7-17)18(23)20-8-10-21-11-9-20/h14-17H,1-13H2. The highest BCUT2D eigenvalue weighted by Crippen LogP contribution is 2.31. The average Bonchev–Trinajstić information content (AvgIpc) is 2.61. The minimum Gasteiger partial charge on any atom is -0.378 e. The van der Waals surface area contributed by atoms with Gasteiger partial charge in [0.25, 0.3) is 0 Å². The molecule has 0 bridgehead atoms. The molecule has 0 spiro atoms. The quantitative estimate of drug-likeness (QED) is 0.725. The zero-order valence-electron chi connectivity index (χ0n) is 14.1. The lowest BCUT2D eigenvalue weighted by molar-refractivity contribution is -0.00983. The number of ether oxygens (including phenoxy) is 2. The van der Waals surface area contributed by atoms with E-state index in [9.17, 15) is 4.39 Å². The molecule has 23 heavy (non-hydrogen) atoms. The molecule has 1 heterocycles. The third-order valence-electron chi connectivity index (χ3n) is 5.63. The first kappa shape index (κ1) is 17.6. The highest BCUT2D eigenvalue weighted by molar-refractivity contribution is 7.80. The van der Waals surface area contributed by atoms with Crippen molar-refractivity contribution >= 4 is 17.2 Å². The second-order valence-electron chi connectivity index (χ2n) is 7.37. The Kier molecular flexibility index (Phi) is 6.66.